The van der Waals surface area contributed by atoms with Gasteiger partial charge < -0.3 is 24.9 Å². The summed E-state index contributed by atoms with van der Waals surface area (Å²) in [6.07, 6.45) is 2.39. The summed E-state index contributed by atoms with van der Waals surface area (Å²) in [4.78, 5) is 21.1. The Morgan fingerprint density at radius 3 is 2.62 bits per heavy atom. The first-order valence-corrected chi connectivity index (χ1v) is 11.8. The van der Waals surface area contributed by atoms with Gasteiger partial charge in [0, 0.05) is 30.1 Å². The van der Waals surface area contributed by atoms with Gasteiger partial charge in [0.15, 0.2) is 0 Å². The van der Waals surface area contributed by atoms with Crippen LogP contribution in [0.1, 0.15) is 31.2 Å². The minimum atomic E-state index is -4.60. The third-order valence-electron chi connectivity index (χ3n) is 7.16. The maximum Gasteiger partial charge on any atom is 0.469 e. The van der Waals surface area contributed by atoms with Gasteiger partial charge in [0.2, 0.25) is 0 Å². The summed E-state index contributed by atoms with van der Waals surface area (Å²) in [5.74, 6) is 0.504. The average Bonchev–Trinajstić information content (AvgIpc) is 3.05. The van der Waals surface area contributed by atoms with E-state index < -0.39 is 20.0 Å². The number of methoxy groups -OCH3 is 1. The van der Waals surface area contributed by atoms with Crippen molar-refractivity contribution in [3.8, 4) is 5.75 Å². The lowest BCUT2D eigenvalue weighted by Gasteiger charge is -2.57. The zero-order valence-corrected chi connectivity index (χ0v) is 17.8. The fourth-order valence-corrected chi connectivity index (χ4v) is 6.46. The topological polar surface area (TPSA) is 111 Å². The Balaban J connectivity index is 1.62. The highest BCUT2D eigenvalue weighted by atomic mass is 31.2. The zero-order valence-electron chi connectivity index (χ0n) is 16.9. The highest BCUT2D eigenvalue weighted by Gasteiger charge is 2.59. The first kappa shape index (κ1) is 21.2. The van der Waals surface area contributed by atoms with Crippen molar-refractivity contribution in [3.05, 3.63) is 29.8 Å². The number of hydrogen-bond donors (Lipinski definition) is 4. The maximum atomic E-state index is 11.5. The molecule has 4 unspecified atom stereocenters. The van der Waals surface area contributed by atoms with E-state index in [0.29, 0.717) is 25.3 Å². The molecule has 162 valence electrons. The third-order valence-corrected chi connectivity index (χ3v) is 7.70. The van der Waals surface area contributed by atoms with E-state index in [9.17, 15) is 19.5 Å². The van der Waals surface area contributed by atoms with E-state index in [1.165, 1.54) is 0 Å². The molecule has 2 bridgehead atoms. The second-order valence-electron chi connectivity index (χ2n) is 8.72. The van der Waals surface area contributed by atoms with Gasteiger partial charge in [-0.25, -0.2) is 4.57 Å². The lowest BCUT2D eigenvalue weighted by atomic mass is 9.65. The first-order valence-electron chi connectivity index (χ1n) is 10.2. The van der Waals surface area contributed by atoms with Crippen LogP contribution in [0.4, 0.5) is 0 Å². The van der Waals surface area contributed by atoms with E-state index in [4.69, 9.17) is 9.26 Å². The van der Waals surface area contributed by atoms with Gasteiger partial charge >= 0.3 is 7.82 Å². The normalized spacial score (nSPS) is 37.3. The molecule has 2 heterocycles. The molecule has 29 heavy (non-hydrogen) atoms. The molecule has 1 aromatic carbocycles. The number of rotatable bonds is 6. The van der Waals surface area contributed by atoms with Crippen molar-refractivity contribution in [2.24, 2.45) is 5.92 Å². The van der Waals surface area contributed by atoms with Crippen molar-refractivity contribution in [2.75, 3.05) is 20.7 Å². The Kier molecular flexibility index (Phi) is 5.81. The molecule has 0 aromatic heterocycles. The molecule has 4 rings (SSSR count). The molecule has 1 spiro atoms. The molecule has 3 fully saturated rings. The summed E-state index contributed by atoms with van der Waals surface area (Å²) in [7, 11) is -1.00. The number of ether oxygens (including phenoxy) is 1. The van der Waals surface area contributed by atoms with Crippen molar-refractivity contribution in [2.45, 2.75) is 61.9 Å². The van der Waals surface area contributed by atoms with Crippen LogP contribution in [0.2, 0.25) is 0 Å². The molecular formula is C20H31N2O6P. The monoisotopic (exact) mass is 426 g/mol. The Hall–Kier alpha value is -0.990. The number of benzene rings is 1. The average molecular weight is 426 g/mol. The van der Waals surface area contributed by atoms with Gasteiger partial charge in [-0.2, -0.15) is 0 Å². The highest BCUT2D eigenvalue weighted by molar-refractivity contribution is 7.46. The Morgan fingerprint density at radius 2 is 2.00 bits per heavy atom. The van der Waals surface area contributed by atoms with Crippen LogP contribution >= 0.6 is 7.82 Å². The third kappa shape index (κ3) is 4.12. The minimum absolute atomic E-state index is 0.0521. The first-order chi connectivity index (χ1) is 13.7. The molecule has 0 amide bonds. The van der Waals surface area contributed by atoms with Crippen LogP contribution in [0.3, 0.4) is 0 Å². The van der Waals surface area contributed by atoms with E-state index in [0.717, 1.165) is 30.7 Å². The molecule has 9 heteroatoms. The number of hydrogen-bond acceptors (Lipinski definition) is 6. The maximum absolute atomic E-state index is 11.5. The van der Waals surface area contributed by atoms with Crippen LogP contribution in [0.25, 0.3) is 0 Å². The number of nitrogens with one attached hydrogen (secondary N) is 1. The Labute approximate surface area is 171 Å². The SMILES string of the molecule is CN[C@@H]1CN2C(Cc3ccc(OC)cc3)C(O)C3C[C@@]2(CCC3OP(=O)(O)O)C1. The standard InChI is InChI=1S/C20H31N2O6P/c1-21-14-10-20-8-7-18(28-29(24,25)26)16(11-20)19(23)17(22(20)12-14)9-13-3-5-15(27-2)6-4-13/h3-6,14,16-19,21,23H,7-12H2,1-2H3,(H2,24,25,26)/t14-,16?,17?,18?,19?,20+/m0/s1. The van der Waals surface area contributed by atoms with Gasteiger partial charge in [-0.05, 0) is 56.8 Å². The van der Waals surface area contributed by atoms with Crippen molar-refractivity contribution < 1.29 is 28.7 Å². The predicted molar refractivity (Wildman–Crippen MR) is 108 cm³/mol. The number of phosphoric acid groups is 1. The molecule has 2 aliphatic heterocycles. The van der Waals surface area contributed by atoms with Crippen molar-refractivity contribution >= 4 is 7.82 Å². The van der Waals surface area contributed by atoms with Gasteiger partial charge in [-0.1, -0.05) is 12.1 Å². The fourth-order valence-electron chi connectivity index (χ4n) is 5.85. The molecular weight excluding hydrogens is 395 g/mol. The molecule has 1 aromatic rings. The summed E-state index contributed by atoms with van der Waals surface area (Å²) >= 11 is 0. The van der Waals surface area contributed by atoms with E-state index in [1.807, 2.05) is 31.3 Å². The number of piperidine rings is 1. The molecule has 0 radical (unpaired) electrons. The molecule has 1 aliphatic carbocycles. The van der Waals surface area contributed by atoms with Crippen molar-refractivity contribution in [1.29, 1.82) is 0 Å². The number of fused-ring (bicyclic) bond motifs is 1. The van der Waals surface area contributed by atoms with Crippen LogP contribution in [-0.2, 0) is 15.5 Å². The summed E-state index contributed by atoms with van der Waals surface area (Å²) in [5, 5.41) is 14.7. The molecule has 4 N–H and O–H groups in total. The van der Waals surface area contributed by atoms with E-state index in [2.05, 4.69) is 10.2 Å². The van der Waals surface area contributed by atoms with Crippen LogP contribution in [0, 0.1) is 5.92 Å². The smallest absolute Gasteiger partial charge is 0.469 e. The van der Waals surface area contributed by atoms with Crippen LogP contribution in [0.15, 0.2) is 24.3 Å². The zero-order chi connectivity index (χ0) is 20.8. The summed E-state index contributed by atoms with van der Waals surface area (Å²) < 4.78 is 21.8. The van der Waals surface area contributed by atoms with Gasteiger partial charge in [-0.3, -0.25) is 9.42 Å². The molecule has 1 saturated carbocycles. The van der Waals surface area contributed by atoms with E-state index in [-0.39, 0.29) is 17.5 Å². The van der Waals surface area contributed by atoms with Gasteiger partial charge in [0.25, 0.3) is 0 Å². The second kappa shape index (κ2) is 7.93. The van der Waals surface area contributed by atoms with Gasteiger partial charge in [0.05, 0.1) is 19.3 Å². The molecule has 3 aliphatic rings. The van der Waals surface area contributed by atoms with Crippen LogP contribution in [-0.4, -0.2) is 70.3 Å². The molecule has 8 nitrogen and oxygen atoms in total. The van der Waals surface area contributed by atoms with E-state index in [1.54, 1.807) is 7.11 Å². The highest BCUT2D eigenvalue weighted by Crippen LogP contribution is 2.54. The van der Waals surface area contributed by atoms with Gasteiger partial charge in [0.1, 0.15) is 5.75 Å². The lowest BCUT2D eigenvalue weighted by molar-refractivity contribution is -0.144. The van der Waals surface area contributed by atoms with Gasteiger partial charge in [-0.15, -0.1) is 0 Å². The Bertz CT molecular complexity index is 771. The quantitative estimate of drug-likeness (QED) is 0.504. The largest absolute Gasteiger partial charge is 0.497 e. The molecule has 2 saturated heterocycles. The number of nitrogens with zero attached hydrogens (tertiary/aromatic N) is 1. The summed E-state index contributed by atoms with van der Waals surface area (Å²) in [6, 6.07) is 8.08. The molecule has 6 atom stereocenters. The van der Waals surface area contributed by atoms with Crippen LogP contribution in [0.5, 0.6) is 5.75 Å². The second-order valence-corrected chi connectivity index (χ2v) is 9.91. The van der Waals surface area contributed by atoms with Crippen molar-refractivity contribution in [3.63, 3.8) is 0 Å². The summed E-state index contributed by atoms with van der Waals surface area (Å²) in [6.45, 7) is 0.866. The number of aliphatic hydroxyl groups is 1. The number of aliphatic hydroxyl groups excluding tert-OH is 1. The lowest BCUT2D eigenvalue weighted by Crippen LogP contribution is -2.66. The minimum Gasteiger partial charge on any atom is -0.497 e. The van der Waals surface area contributed by atoms with Crippen LogP contribution < -0.4 is 10.1 Å². The predicted octanol–water partition coefficient (Wildman–Crippen LogP) is 1.29. The summed E-state index contributed by atoms with van der Waals surface area (Å²) in [5.41, 5.74) is 1.05. The number of phosphoric ester groups is 1. The van der Waals surface area contributed by atoms with E-state index >= 15 is 0 Å². The number of likely N-dealkylation sites (N-methyl/N-ethyl adjacent to an activating group) is 1. The fraction of sp³-hybridized carbons (Fsp3) is 0.700. The van der Waals surface area contributed by atoms with Crippen molar-refractivity contribution in [1.82, 2.24) is 10.2 Å². The Morgan fingerprint density at radius 1 is 1.28 bits per heavy atom.